The molecule has 0 bridgehead atoms. The Balaban J connectivity index is -0.0000000325. The maximum atomic E-state index is 7.57. The summed E-state index contributed by atoms with van der Waals surface area (Å²) in [7, 11) is 0. The molecule has 11 heavy (non-hydrogen) atoms. The van der Waals surface area contributed by atoms with Crippen molar-refractivity contribution in [3.8, 4) is 0 Å². The van der Waals surface area contributed by atoms with Crippen LogP contribution in [0.1, 0.15) is 20.8 Å². The van der Waals surface area contributed by atoms with Crippen molar-refractivity contribution in [2.24, 2.45) is 0 Å². The summed E-state index contributed by atoms with van der Waals surface area (Å²) in [6.07, 6.45) is 0. The number of aliphatic hydroxyl groups excluding tert-OH is 2. The molecule has 0 aromatic rings. The Bertz CT molecular complexity index is 50.1. The summed E-state index contributed by atoms with van der Waals surface area (Å²) < 4.78 is 0. The van der Waals surface area contributed by atoms with Gasteiger partial charge in [0.2, 0.25) is 0 Å². The van der Waals surface area contributed by atoms with E-state index in [0.717, 1.165) is 5.57 Å². The van der Waals surface area contributed by atoms with E-state index in [1.165, 1.54) is 0 Å². The van der Waals surface area contributed by atoms with Crippen LogP contribution in [0, 0.1) is 6.92 Å². The third-order valence-corrected chi connectivity index (χ3v) is 0. The molecule has 0 radical (unpaired) electrons. The van der Waals surface area contributed by atoms with E-state index in [0.29, 0.717) is 0 Å². The summed E-state index contributed by atoms with van der Waals surface area (Å²) in [6, 6.07) is 0. The van der Waals surface area contributed by atoms with E-state index in [2.05, 4.69) is 13.5 Å². The molecular weight excluding hydrogens is 176 g/mol. The van der Waals surface area contributed by atoms with Gasteiger partial charge in [-0.1, -0.05) is 6.92 Å². The molecule has 0 spiro atoms. The van der Waals surface area contributed by atoms with Crippen LogP contribution in [-0.4, -0.2) is 23.4 Å². The molecule has 0 saturated carbocycles. The van der Waals surface area contributed by atoms with E-state index < -0.39 is 0 Å². The molecule has 0 aromatic heterocycles. The van der Waals surface area contributed by atoms with Gasteiger partial charge >= 0.3 is 0 Å². The first kappa shape index (κ1) is 22.5. The Labute approximate surface area is 85.2 Å². The van der Waals surface area contributed by atoms with Crippen molar-refractivity contribution >= 4 is 0 Å². The first-order valence-corrected chi connectivity index (χ1v) is 3.25. The van der Waals surface area contributed by atoms with Gasteiger partial charge in [-0.05, 0) is 13.8 Å². The minimum absolute atomic E-state index is 0. The first-order valence-electron chi connectivity index (χ1n) is 3.25. The number of hydrogen-bond acceptors (Lipinski definition) is 2. The molecule has 0 saturated heterocycles. The van der Waals surface area contributed by atoms with Crippen LogP contribution in [0.5, 0.6) is 0 Å². The molecule has 0 atom stereocenters. The molecule has 0 fully saturated rings. The summed E-state index contributed by atoms with van der Waals surface area (Å²) in [4.78, 5) is 0. The zero-order valence-corrected chi connectivity index (χ0v) is 9.28. The van der Waals surface area contributed by atoms with Gasteiger partial charge in [0.25, 0.3) is 0 Å². The Morgan fingerprint density at radius 3 is 1.27 bits per heavy atom. The van der Waals surface area contributed by atoms with E-state index >= 15 is 0 Å². The molecule has 0 rings (SSSR count). The van der Waals surface area contributed by atoms with Crippen LogP contribution in [0.3, 0.4) is 0 Å². The minimum Gasteiger partial charge on any atom is -0.397 e. The molecule has 0 heterocycles. The number of rotatable bonds is 0. The van der Waals surface area contributed by atoms with Gasteiger partial charge in [-0.2, -0.15) is 0 Å². The van der Waals surface area contributed by atoms with Gasteiger partial charge in [0.05, 0.1) is 0 Å². The number of allylic oxidation sites excluding steroid dienone is 1. The van der Waals surface area contributed by atoms with Crippen LogP contribution in [0.25, 0.3) is 0 Å². The van der Waals surface area contributed by atoms with Gasteiger partial charge < -0.3 is 10.2 Å². The van der Waals surface area contributed by atoms with Gasteiger partial charge in [-0.3, -0.25) is 0 Å². The van der Waals surface area contributed by atoms with Gasteiger partial charge in [0.15, 0.2) is 0 Å². The van der Waals surface area contributed by atoms with Crippen LogP contribution in [0.2, 0.25) is 0 Å². The molecule has 2 nitrogen and oxygen atoms in total. The Morgan fingerprint density at radius 1 is 1.27 bits per heavy atom. The molecule has 0 unspecified atom stereocenters. The van der Waals surface area contributed by atoms with Crippen molar-refractivity contribution in [3.63, 3.8) is 0 Å². The summed E-state index contributed by atoms with van der Waals surface area (Å²) >= 11 is 0. The van der Waals surface area contributed by atoms with Crippen molar-refractivity contribution in [3.05, 3.63) is 19.1 Å². The molecule has 0 aliphatic rings. The van der Waals surface area contributed by atoms with E-state index in [4.69, 9.17) is 10.2 Å². The molecule has 0 aliphatic carbocycles. The number of hydrogen-bond donors (Lipinski definition) is 2. The minimum atomic E-state index is 0. The van der Waals surface area contributed by atoms with Gasteiger partial charge in [0, 0.05) is 34.9 Å². The molecule has 0 aliphatic heterocycles. The fourth-order valence-electron chi connectivity index (χ4n) is 0. The largest absolute Gasteiger partial charge is 0.397 e. The van der Waals surface area contributed by atoms with Crippen molar-refractivity contribution in [1.82, 2.24) is 0 Å². The molecule has 2 N–H and O–H groups in total. The van der Waals surface area contributed by atoms with Crippen LogP contribution in [0.15, 0.2) is 12.2 Å². The third-order valence-electron chi connectivity index (χ3n) is 0. The van der Waals surface area contributed by atoms with Crippen molar-refractivity contribution in [1.29, 1.82) is 0 Å². The summed E-state index contributed by atoms with van der Waals surface area (Å²) in [6.45, 7) is 12.6. The summed E-state index contributed by atoms with van der Waals surface area (Å²) in [5.74, 6) is 0. The van der Waals surface area contributed by atoms with E-state index in [9.17, 15) is 0 Å². The Hall–Kier alpha value is 0.244. The average Bonchev–Trinajstić information content (AvgIpc) is 1.65. The Morgan fingerprint density at radius 2 is 1.27 bits per heavy atom. The van der Waals surface area contributed by atoms with Gasteiger partial charge in [0.1, 0.15) is 0 Å². The molecule has 3 heteroatoms. The van der Waals surface area contributed by atoms with Crippen LogP contribution in [-0.2, 0) is 21.7 Å². The maximum Gasteiger partial charge on any atom is 0.0402 e. The van der Waals surface area contributed by atoms with Crippen molar-refractivity contribution in [2.75, 3.05) is 13.2 Å². The standard InChI is InChI=1S/C4H7.2C2H6O.Ti/c1-4(2)3;2*1-2-3;/h1-2H2,3H3;2*3H,2H2,1H3;/q-1;;;. The normalized spacial score (nSPS) is 5.55. The zero-order valence-electron chi connectivity index (χ0n) is 7.72. The first-order chi connectivity index (χ1) is 4.56. The quantitative estimate of drug-likeness (QED) is 0.453. The topological polar surface area (TPSA) is 40.5 Å². The fourth-order valence-corrected chi connectivity index (χ4v) is 0. The van der Waals surface area contributed by atoms with Crippen LogP contribution < -0.4 is 0 Å². The SMILES string of the molecule is C=C([CH2-])C.CCO.CCO.[Ti]. The average molecular weight is 195 g/mol. The predicted octanol–water partition coefficient (Wildman–Crippen LogP) is 1.39. The van der Waals surface area contributed by atoms with Gasteiger partial charge in [-0.25, -0.2) is 19.1 Å². The second kappa shape index (κ2) is 31.8. The zero-order chi connectivity index (χ0) is 8.99. The fraction of sp³-hybridized carbons (Fsp3) is 0.625. The summed E-state index contributed by atoms with van der Waals surface area (Å²) in [5.41, 5.74) is 0.917. The van der Waals surface area contributed by atoms with Crippen LogP contribution in [0.4, 0.5) is 0 Å². The van der Waals surface area contributed by atoms with Crippen molar-refractivity contribution in [2.45, 2.75) is 20.8 Å². The maximum absolute atomic E-state index is 7.57. The number of aliphatic hydroxyl groups is 2. The molecular formula is C8H19O2Ti-. The Kier molecular flexibility index (Phi) is 65.1. The van der Waals surface area contributed by atoms with E-state index in [1.807, 2.05) is 6.92 Å². The van der Waals surface area contributed by atoms with Gasteiger partial charge in [-0.15, -0.1) is 0 Å². The summed E-state index contributed by atoms with van der Waals surface area (Å²) in [5, 5.41) is 15.1. The second-order valence-corrected chi connectivity index (χ2v) is 1.59. The monoisotopic (exact) mass is 195 g/mol. The molecule has 0 amide bonds. The predicted molar refractivity (Wildman–Crippen MR) is 45.7 cm³/mol. The van der Waals surface area contributed by atoms with E-state index in [-0.39, 0.29) is 34.9 Å². The smallest absolute Gasteiger partial charge is 0.0402 e. The third kappa shape index (κ3) is 11700. The second-order valence-electron chi connectivity index (χ2n) is 1.59. The molecule has 68 valence electrons. The molecule has 0 aromatic carbocycles. The van der Waals surface area contributed by atoms with Crippen LogP contribution >= 0.6 is 0 Å². The van der Waals surface area contributed by atoms with E-state index in [1.54, 1.807) is 13.8 Å². The van der Waals surface area contributed by atoms with Crippen molar-refractivity contribution < 1.29 is 31.9 Å².